The zero-order valence-corrected chi connectivity index (χ0v) is 17.5. The van der Waals surface area contributed by atoms with E-state index in [0.29, 0.717) is 0 Å². The molecule has 2 aliphatic heterocycles. The average molecular weight is 408 g/mol. The van der Waals surface area contributed by atoms with Crippen LogP contribution in [-0.4, -0.2) is 28.0 Å². The summed E-state index contributed by atoms with van der Waals surface area (Å²) in [5, 5.41) is 15.8. The number of thioether (sulfide) groups is 2. The maximum Gasteiger partial charge on any atom is 0.217 e. The van der Waals surface area contributed by atoms with E-state index in [0.717, 1.165) is 29.6 Å². The van der Waals surface area contributed by atoms with Crippen molar-refractivity contribution in [2.75, 3.05) is 23.0 Å². The molecule has 0 N–H and O–H groups in total. The largest absolute Gasteiger partial charge is 0.372 e. The Bertz CT molecular complexity index is 1010. The Kier molecular flexibility index (Phi) is 4.56. The lowest BCUT2D eigenvalue weighted by atomic mass is 10.2. The maximum absolute atomic E-state index is 4.46. The Morgan fingerprint density at radius 2 is 1.71 bits per heavy atom. The summed E-state index contributed by atoms with van der Waals surface area (Å²) in [6.45, 7) is 6.43. The highest BCUT2D eigenvalue weighted by molar-refractivity contribution is 8.07. The van der Waals surface area contributed by atoms with E-state index in [1.54, 1.807) is 11.8 Å². The van der Waals surface area contributed by atoms with Gasteiger partial charge in [-0.1, -0.05) is 54.2 Å². The van der Waals surface area contributed by atoms with E-state index < -0.39 is 0 Å². The van der Waals surface area contributed by atoms with Crippen molar-refractivity contribution in [3.63, 3.8) is 0 Å². The molecule has 3 heterocycles. The molecule has 28 heavy (non-hydrogen) atoms. The Labute approximate surface area is 173 Å². The van der Waals surface area contributed by atoms with Crippen molar-refractivity contribution in [2.24, 2.45) is 0 Å². The second-order valence-corrected chi connectivity index (χ2v) is 8.58. The number of benzene rings is 2. The molecule has 2 aliphatic rings. The normalized spacial score (nSPS) is 17.4. The summed E-state index contributed by atoms with van der Waals surface area (Å²) in [4.78, 5) is 2.37. The monoisotopic (exact) mass is 407 g/mol. The number of rotatable bonds is 5. The minimum absolute atomic E-state index is 0.188. The van der Waals surface area contributed by atoms with Crippen molar-refractivity contribution >= 4 is 29.2 Å². The Hall–Kier alpha value is -2.38. The van der Waals surface area contributed by atoms with Crippen molar-refractivity contribution in [3.8, 4) is 11.4 Å². The minimum Gasteiger partial charge on any atom is -0.372 e. The molecule has 0 radical (unpaired) electrons. The molecule has 5 nitrogen and oxygen atoms in total. The van der Waals surface area contributed by atoms with Crippen molar-refractivity contribution < 1.29 is 0 Å². The van der Waals surface area contributed by atoms with Gasteiger partial charge in [-0.05, 0) is 43.3 Å². The van der Waals surface area contributed by atoms with Gasteiger partial charge in [-0.2, -0.15) is 0 Å². The highest BCUT2D eigenvalue weighted by Gasteiger charge is 2.39. The summed E-state index contributed by atoms with van der Waals surface area (Å²) >= 11 is 3.52. The van der Waals surface area contributed by atoms with E-state index in [9.17, 15) is 0 Å². The third-order valence-electron chi connectivity index (χ3n) is 5.11. The fraction of sp³-hybridized carbons (Fsp3) is 0.238. The molecule has 7 heteroatoms. The minimum atomic E-state index is 0.188. The number of aromatic nitrogens is 3. The van der Waals surface area contributed by atoms with Gasteiger partial charge in [0.1, 0.15) is 10.4 Å². The van der Waals surface area contributed by atoms with Crippen LogP contribution in [0.2, 0.25) is 0 Å². The number of hydrogen-bond acceptors (Lipinski definition) is 6. The molecule has 142 valence electrons. The molecule has 0 aliphatic carbocycles. The summed E-state index contributed by atoms with van der Waals surface area (Å²) in [6, 6.07) is 19.2. The van der Waals surface area contributed by atoms with Gasteiger partial charge >= 0.3 is 0 Å². The van der Waals surface area contributed by atoms with Gasteiger partial charge in [0.05, 0.1) is 0 Å². The van der Waals surface area contributed by atoms with Crippen LogP contribution in [0, 0.1) is 0 Å². The zero-order chi connectivity index (χ0) is 19.1. The van der Waals surface area contributed by atoms with Gasteiger partial charge in [0, 0.05) is 29.7 Å². The Morgan fingerprint density at radius 1 is 0.964 bits per heavy atom. The van der Waals surface area contributed by atoms with Crippen LogP contribution in [0.25, 0.3) is 11.4 Å². The van der Waals surface area contributed by atoms with Gasteiger partial charge in [-0.15, -0.1) is 10.2 Å². The zero-order valence-electron chi connectivity index (χ0n) is 15.8. The van der Waals surface area contributed by atoms with Crippen LogP contribution >= 0.6 is 23.5 Å². The topological polar surface area (TPSA) is 37.2 Å². The van der Waals surface area contributed by atoms with Crippen LogP contribution in [0.5, 0.6) is 0 Å². The summed E-state index contributed by atoms with van der Waals surface area (Å²) in [7, 11) is 0. The molecule has 0 amide bonds. The van der Waals surface area contributed by atoms with Crippen LogP contribution in [0.1, 0.15) is 24.8 Å². The molecule has 1 aromatic heterocycles. The first kappa shape index (κ1) is 17.7. The van der Waals surface area contributed by atoms with E-state index in [1.807, 2.05) is 30.0 Å². The third kappa shape index (κ3) is 2.81. The van der Waals surface area contributed by atoms with Crippen molar-refractivity contribution in [2.45, 2.75) is 24.4 Å². The van der Waals surface area contributed by atoms with Gasteiger partial charge in [-0.3, -0.25) is 5.01 Å². The lowest BCUT2D eigenvalue weighted by molar-refractivity contribution is 0.639. The summed E-state index contributed by atoms with van der Waals surface area (Å²) in [5.41, 5.74) is 3.64. The molecule has 0 bridgehead atoms. The lowest BCUT2D eigenvalue weighted by Crippen LogP contribution is -2.30. The van der Waals surface area contributed by atoms with Gasteiger partial charge in [0.15, 0.2) is 5.82 Å². The number of fused-ring (bicyclic) bond motifs is 3. The average Bonchev–Trinajstić information content (AvgIpc) is 3.42. The van der Waals surface area contributed by atoms with Crippen LogP contribution < -0.4 is 9.91 Å². The molecule has 0 saturated carbocycles. The number of anilines is 1. The van der Waals surface area contributed by atoms with Gasteiger partial charge in [-0.25, -0.2) is 4.68 Å². The van der Waals surface area contributed by atoms with Crippen molar-refractivity contribution in [1.82, 2.24) is 14.9 Å². The standard InChI is InChI=1S/C21H21N5S2/c1-3-24(4-2)17-12-10-16(11-13-17)20-25-18(14-27-20)28-21-23-22-19(26(21)25)15-8-6-5-7-9-15/h5-14,20H,3-4H2,1-2H3. The lowest BCUT2D eigenvalue weighted by Gasteiger charge is -2.27. The van der Waals surface area contributed by atoms with Crippen LogP contribution in [0.4, 0.5) is 5.69 Å². The molecule has 2 aromatic carbocycles. The SMILES string of the molecule is CCN(CC)c1ccc(C2SC=C3Sc4nnc(-c5ccccc5)n4N32)cc1. The van der Waals surface area contributed by atoms with E-state index in [4.69, 9.17) is 0 Å². The number of hydrogen-bond donors (Lipinski definition) is 0. The molecular weight excluding hydrogens is 386 g/mol. The molecule has 5 rings (SSSR count). The van der Waals surface area contributed by atoms with E-state index in [1.165, 1.54) is 16.3 Å². The molecule has 0 fully saturated rings. The van der Waals surface area contributed by atoms with Crippen molar-refractivity contribution in [3.05, 3.63) is 70.6 Å². The fourth-order valence-corrected chi connectivity index (χ4v) is 5.89. The predicted octanol–water partition coefficient (Wildman–Crippen LogP) is 5.08. The third-order valence-corrected chi connectivity index (χ3v) is 7.30. The van der Waals surface area contributed by atoms with Crippen LogP contribution in [0.3, 0.4) is 0 Å². The second kappa shape index (κ2) is 7.22. The highest BCUT2D eigenvalue weighted by Crippen LogP contribution is 2.52. The van der Waals surface area contributed by atoms with Gasteiger partial charge < -0.3 is 4.90 Å². The molecule has 1 unspecified atom stereocenters. The first-order chi connectivity index (χ1) is 13.8. The first-order valence-corrected chi connectivity index (χ1v) is 11.2. The summed E-state index contributed by atoms with van der Waals surface area (Å²) in [6.07, 6.45) is 0. The van der Waals surface area contributed by atoms with Crippen molar-refractivity contribution in [1.29, 1.82) is 0 Å². The molecule has 0 saturated heterocycles. The van der Waals surface area contributed by atoms with Gasteiger partial charge in [0.25, 0.3) is 0 Å². The molecule has 3 aromatic rings. The summed E-state index contributed by atoms with van der Waals surface area (Å²) in [5.74, 6) is 0.888. The number of nitrogens with zero attached hydrogens (tertiary/aromatic N) is 5. The smallest absolute Gasteiger partial charge is 0.217 e. The fourth-order valence-electron chi connectivity index (χ4n) is 3.67. The van der Waals surface area contributed by atoms with E-state index in [-0.39, 0.29) is 5.37 Å². The Morgan fingerprint density at radius 3 is 2.43 bits per heavy atom. The van der Waals surface area contributed by atoms with Crippen LogP contribution in [0.15, 0.2) is 70.2 Å². The van der Waals surface area contributed by atoms with Gasteiger partial charge in [0.2, 0.25) is 5.16 Å². The first-order valence-electron chi connectivity index (χ1n) is 9.49. The highest BCUT2D eigenvalue weighted by atomic mass is 32.2. The predicted molar refractivity (Wildman–Crippen MR) is 118 cm³/mol. The second-order valence-electron chi connectivity index (χ2n) is 6.64. The van der Waals surface area contributed by atoms with E-state index in [2.05, 4.69) is 80.4 Å². The Balaban J connectivity index is 1.49. The quantitative estimate of drug-likeness (QED) is 0.587. The van der Waals surface area contributed by atoms with E-state index >= 15 is 0 Å². The molecule has 0 spiro atoms. The molecule has 1 atom stereocenters. The van der Waals surface area contributed by atoms with Crippen LogP contribution in [-0.2, 0) is 0 Å². The molecular formula is C21H21N5S2. The summed E-state index contributed by atoms with van der Waals surface area (Å²) < 4.78 is 2.16. The maximum atomic E-state index is 4.46.